The normalized spacial score (nSPS) is 11.5. The van der Waals surface area contributed by atoms with Crippen molar-refractivity contribution in [3.63, 3.8) is 0 Å². The van der Waals surface area contributed by atoms with Gasteiger partial charge in [-0.3, -0.25) is 4.79 Å². The second-order valence-electron chi connectivity index (χ2n) is 8.13. The molecule has 2 aromatic carbocycles. The van der Waals surface area contributed by atoms with Crippen LogP contribution in [0, 0.1) is 12.3 Å². The van der Waals surface area contributed by atoms with Gasteiger partial charge in [0, 0.05) is 32.4 Å². The minimum atomic E-state index is -0.457. The molecule has 1 aromatic heterocycles. The molecule has 7 heteroatoms. The van der Waals surface area contributed by atoms with E-state index in [1.165, 1.54) is 11.0 Å². The van der Waals surface area contributed by atoms with Crippen molar-refractivity contribution in [3.8, 4) is 5.75 Å². The maximum absolute atomic E-state index is 11.7. The van der Waals surface area contributed by atoms with Crippen molar-refractivity contribution >= 4 is 35.1 Å². The molecule has 0 saturated heterocycles. The number of nitrogens with zero attached hydrogens (tertiary/aromatic N) is 1. The minimum Gasteiger partial charge on any atom is -0.487 e. The third-order valence-corrected chi connectivity index (χ3v) is 7.79. The SMILES string of the molecule is Cc1cc(COc2cccc(SCC(C)(C)CSc3ccc(Cl)cc3)c2)n(O)c(=O)c1. The molecule has 0 aliphatic heterocycles. The van der Waals surface area contributed by atoms with Gasteiger partial charge in [0.2, 0.25) is 0 Å². The highest BCUT2D eigenvalue weighted by Gasteiger charge is 2.19. The average molecular weight is 476 g/mol. The Kier molecular flexibility index (Phi) is 8.03. The molecule has 1 heterocycles. The highest BCUT2D eigenvalue weighted by Crippen LogP contribution is 2.34. The summed E-state index contributed by atoms with van der Waals surface area (Å²) in [6.45, 7) is 6.46. The molecular formula is C24H26ClNO3S2. The molecule has 0 radical (unpaired) electrons. The van der Waals surface area contributed by atoms with Gasteiger partial charge >= 0.3 is 0 Å². The molecule has 0 aliphatic rings. The summed E-state index contributed by atoms with van der Waals surface area (Å²) in [6.07, 6.45) is 0. The lowest BCUT2D eigenvalue weighted by atomic mass is 10.0. The molecule has 0 atom stereocenters. The van der Waals surface area contributed by atoms with Gasteiger partial charge in [0.1, 0.15) is 12.4 Å². The monoisotopic (exact) mass is 475 g/mol. The van der Waals surface area contributed by atoms with Gasteiger partial charge in [-0.1, -0.05) is 31.5 Å². The summed E-state index contributed by atoms with van der Waals surface area (Å²) >= 11 is 9.59. The van der Waals surface area contributed by atoms with Crippen molar-refractivity contribution in [2.45, 2.75) is 37.2 Å². The van der Waals surface area contributed by atoms with E-state index in [1.54, 1.807) is 17.8 Å². The van der Waals surface area contributed by atoms with E-state index in [9.17, 15) is 10.0 Å². The summed E-state index contributed by atoms with van der Waals surface area (Å²) in [5.74, 6) is 2.66. The molecule has 0 saturated carbocycles. The summed E-state index contributed by atoms with van der Waals surface area (Å²) < 4.78 is 6.45. The molecular weight excluding hydrogens is 450 g/mol. The van der Waals surface area contributed by atoms with Crippen molar-refractivity contribution in [2.24, 2.45) is 5.41 Å². The summed E-state index contributed by atoms with van der Waals surface area (Å²) in [4.78, 5) is 14.0. The summed E-state index contributed by atoms with van der Waals surface area (Å²) in [7, 11) is 0. The Labute approximate surface area is 196 Å². The molecule has 0 aliphatic carbocycles. The standard InChI is InChI=1S/C24H26ClNO3S2/c1-17-11-19(26(28)23(27)12-17)14-29-20-5-4-6-22(13-20)31-16-24(2,3)15-30-21-9-7-18(25)8-10-21/h4-13,28H,14-16H2,1-3H3. The lowest BCUT2D eigenvalue weighted by Gasteiger charge is -2.23. The Morgan fingerprint density at radius 2 is 1.68 bits per heavy atom. The lowest BCUT2D eigenvalue weighted by Crippen LogP contribution is -2.21. The van der Waals surface area contributed by atoms with E-state index in [1.807, 2.05) is 49.0 Å². The highest BCUT2D eigenvalue weighted by molar-refractivity contribution is 8.00. The third-order valence-electron chi connectivity index (χ3n) is 4.49. The molecule has 3 aromatic rings. The lowest BCUT2D eigenvalue weighted by molar-refractivity contribution is 0.147. The number of aromatic nitrogens is 1. The van der Waals surface area contributed by atoms with E-state index in [0.717, 1.165) is 27.0 Å². The van der Waals surface area contributed by atoms with Crippen LogP contribution in [0.3, 0.4) is 0 Å². The van der Waals surface area contributed by atoms with E-state index in [4.69, 9.17) is 16.3 Å². The van der Waals surface area contributed by atoms with E-state index >= 15 is 0 Å². The van der Waals surface area contributed by atoms with Gasteiger partial charge < -0.3 is 9.94 Å². The first-order valence-electron chi connectivity index (χ1n) is 9.88. The second-order valence-corrected chi connectivity index (χ2v) is 10.7. The van der Waals surface area contributed by atoms with E-state index in [0.29, 0.717) is 16.2 Å². The van der Waals surface area contributed by atoms with Crippen LogP contribution in [0.5, 0.6) is 5.75 Å². The fraction of sp³-hybridized carbons (Fsp3) is 0.292. The first kappa shape index (κ1) is 23.6. The molecule has 0 bridgehead atoms. The van der Waals surface area contributed by atoms with Crippen LogP contribution in [0.25, 0.3) is 0 Å². The number of pyridine rings is 1. The van der Waals surface area contributed by atoms with Crippen LogP contribution in [-0.4, -0.2) is 21.4 Å². The Morgan fingerprint density at radius 1 is 1.00 bits per heavy atom. The number of rotatable bonds is 9. The number of hydrogen-bond donors (Lipinski definition) is 1. The van der Waals surface area contributed by atoms with Crippen molar-refractivity contribution < 1.29 is 9.94 Å². The third kappa shape index (κ3) is 7.27. The summed E-state index contributed by atoms with van der Waals surface area (Å²) in [5.41, 5.74) is 0.891. The molecule has 0 fully saturated rings. The quantitative estimate of drug-likeness (QED) is 0.281. The van der Waals surface area contributed by atoms with Crippen LogP contribution in [0.1, 0.15) is 25.1 Å². The van der Waals surface area contributed by atoms with E-state index in [-0.39, 0.29) is 12.0 Å². The smallest absolute Gasteiger partial charge is 0.283 e. The number of hydrogen-bond acceptors (Lipinski definition) is 5. The van der Waals surface area contributed by atoms with Crippen molar-refractivity contribution in [2.75, 3.05) is 11.5 Å². The maximum atomic E-state index is 11.7. The van der Waals surface area contributed by atoms with Gasteiger partial charge in [0.25, 0.3) is 5.56 Å². The predicted octanol–water partition coefficient (Wildman–Crippen LogP) is 6.54. The molecule has 164 valence electrons. The Hall–Kier alpha value is -2.02. The first-order chi connectivity index (χ1) is 14.7. The highest BCUT2D eigenvalue weighted by atomic mass is 35.5. The van der Waals surface area contributed by atoms with Crippen molar-refractivity contribution in [1.29, 1.82) is 0 Å². The molecule has 0 amide bonds. The maximum Gasteiger partial charge on any atom is 0.283 e. The van der Waals surface area contributed by atoms with Crippen LogP contribution in [0.2, 0.25) is 5.02 Å². The molecule has 31 heavy (non-hydrogen) atoms. The van der Waals surface area contributed by atoms with Gasteiger partial charge in [-0.05, 0) is 66.4 Å². The average Bonchev–Trinajstić information content (AvgIpc) is 2.74. The largest absolute Gasteiger partial charge is 0.487 e. The zero-order chi connectivity index (χ0) is 22.4. The summed E-state index contributed by atoms with van der Waals surface area (Å²) in [5, 5.41) is 10.6. The van der Waals surface area contributed by atoms with Gasteiger partial charge in [-0.15, -0.1) is 28.3 Å². The van der Waals surface area contributed by atoms with Gasteiger partial charge in [-0.25, -0.2) is 0 Å². The minimum absolute atomic E-state index is 0.116. The number of aryl methyl sites for hydroxylation is 1. The van der Waals surface area contributed by atoms with Crippen LogP contribution < -0.4 is 10.3 Å². The van der Waals surface area contributed by atoms with Crippen molar-refractivity contribution in [3.05, 3.63) is 87.3 Å². The predicted molar refractivity (Wildman–Crippen MR) is 130 cm³/mol. The van der Waals surface area contributed by atoms with Crippen LogP contribution in [-0.2, 0) is 6.61 Å². The molecule has 3 rings (SSSR count). The van der Waals surface area contributed by atoms with E-state index < -0.39 is 5.56 Å². The van der Waals surface area contributed by atoms with Crippen LogP contribution >= 0.6 is 35.1 Å². The Balaban J connectivity index is 1.55. The van der Waals surface area contributed by atoms with Gasteiger partial charge in [0.15, 0.2) is 0 Å². The topological polar surface area (TPSA) is 51.5 Å². The zero-order valence-electron chi connectivity index (χ0n) is 17.8. The number of halogens is 1. The summed E-state index contributed by atoms with van der Waals surface area (Å²) in [6, 6.07) is 18.9. The molecule has 4 nitrogen and oxygen atoms in total. The first-order valence-corrected chi connectivity index (χ1v) is 12.2. The molecule has 0 spiro atoms. The number of thioether (sulfide) groups is 2. The second kappa shape index (κ2) is 10.5. The number of ether oxygens (including phenoxy) is 1. The van der Waals surface area contributed by atoms with Crippen LogP contribution in [0.4, 0.5) is 0 Å². The van der Waals surface area contributed by atoms with E-state index in [2.05, 4.69) is 32.0 Å². The molecule has 0 unspecified atom stereocenters. The fourth-order valence-electron chi connectivity index (χ4n) is 2.81. The Morgan fingerprint density at radius 3 is 2.39 bits per heavy atom. The van der Waals surface area contributed by atoms with Crippen molar-refractivity contribution in [1.82, 2.24) is 4.73 Å². The van der Waals surface area contributed by atoms with Crippen LogP contribution in [0.15, 0.2) is 75.2 Å². The Bertz CT molecular complexity index is 1080. The van der Waals surface area contributed by atoms with Gasteiger partial charge in [0.05, 0.1) is 5.69 Å². The molecule has 1 N–H and O–H groups in total. The fourth-order valence-corrected chi connectivity index (χ4v) is 5.08. The zero-order valence-corrected chi connectivity index (χ0v) is 20.2. The number of benzene rings is 2. The van der Waals surface area contributed by atoms with Gasteiger partial charge in [-0.2, -0.15) is 0 Å².